The van der Waals surface area contributed by atoms with E-state index in [0.717, 1.165) is 22.2 Å². The van der Waals surface area contributed by atoms with Crippen LogP contribution >= 0.6 is 0 Å². The molecule has 0 unspecified atom stereocenters. The molecule has 152 valence electrons. The van der Waals surface area contributed by atoms with Gasteiger partial charge in [-0.15, -0.1) is 0 Å². The molecule has 4 aromatic rings. The molecule has 30 heavy (non-hydrogen) atoms. The van der Waals surface area contributed by atoms with Gasteiger partial charge in [-0.3, -0.25) is 4.79 Å². The van der Waals surface area contributed by atoms with Gasteiger partial charge in [0.15, 0.2) is 11.7 Å². The number of benzene rings is 2. The highest BCUT2D eigenvalue weighted by atomic mass is 16.5. The van der Waals surface area contributed by atoms with E-state index in [1.165, 1.54) is 0 Å². The molecule has 1 N–H and O–H groups in total. The van der Waals surface area contributed by atoms with E-state index in [9.17, 15) is 4.79 Å². The van der Waals surface area contributed by atoms with E-state index in [1.54, 1.807) is 26.5 Å². The van der Waals surface area contributed by atoms with E-state index in [-0.39, 0.29) is 12.3 Å². The Balaban J connectivity index is 1.35. The molecular weight excluding hydrogens is 382 g/mol. The molecule has 2 heterocycles. The Hall–Kier alpha value is -3.87. The Bertz CT molecular complexity index is 1170. The van der Waals surface area contributed by atoms with Crippen LogP contribution in [-0.4, -0.2) is 30.1 Å². The number of amides is 1. The molecule has 7 nitrogen and oxygen atoms in total. The monoisotopic (exact) mass is 403 g/mol. The van der Waals surface area contributed by atoms with Crippen LogP contribution in [0.3, 0.4) is 0 Å². The number of nitrogens with one attached hydrogen (secondary N) is 1. The molecule has 0 atom stereocenters. The van der Waals surface area contributed by atoms with Crippen molar-refractivity contribution in [3.63, 3.8) is 0 Å². The number of aryl methyl sites for hydroxylation is 1. The normalized spacial score (nSPS) is 10.7. The minimum Gasteiger partial charge on any atom is -0.497 e. The molecular formula is C23H21N3O4. The second kappa shape index (κ2) is 8.65. The van der Waals surface area contributed by atoms with Crippen LogP contribution in [0.2, 0.25) is 0 Å². The quantitative estimate of drug-likeness (QED) is 0.490. The minimum atomic E-state index is -0.111. The van der Waals surface area contributed by atoms with Crippen LogP contribution < -0.4 is 14.8 Å². The summed E-state index contributed by atoms with van der Waals surface area (Å²) in [5.41, 5.74) is 2.42. The smallest absolute Gasteiger partial charge is 0.224 e. The van der Waals surface area contributed by atoms with Gasteiger partial charge in [0.05, 0.1) is 25.9 Å². The van der Waals surface area contributed by atoms with Crippen molar-refractivity contribution in [1.82, 2.24) is 9.97 Å². The number of carbonyl (C=O) groups excluding carboxylic acids is 1. The maximum Gasteiger partial charge on any atom is 0.224 e. The second-order valence-corrected chi connectivity index (χ2v) is 6.66. The van der Waals surface area contributed by atoms with E-state index in [0.29, 0.717) is 29.6 Å². The molecule has 1 amide bonds. The van der Waals surface area contributed by atoms with Gasteiger partial charge in [0.1, 0.15) is 5.75 Å². The maximum absolute atomic E-state index is 12.3. The second-order valence-electron chi connectivity index (χ2n) is 6.66. The number of ether oxygens (including phenoxy) is 2. The number of oxazole rings is 1. The number of hydrogen-bond donors (Lipinski definition) is 1. The van der Waals surface area contributed by atoms with Crippen LogP contribution in [0.25, 0.3) is 22.2 Å². The van der Waals surface area contributed by atoms with E-state index < -0.39 is 0 Å². The van der Waals surface area contributed by atoms with Gasteiger partial charge in [0.25, 0.3) is 0 Å². The molecule has 4 rings (SSSR count). The summed E-state index contributed by atoms with van der Waals surface area (Å²) in [7, 11) is 3.20. The van der Waals surface area contributed by atoms with Crippen LogP contribution in [0.1, 0.15) is 12.3 Å². The zero-order valence-electron chi connectivity index (χ0n) is 16.7. The topological polar surface area (TPSA) is 86.5 Å². The number of fused-ring (bicyclic) bond motifs is 1. The van der Waals surface area contributed by atoms with Crippen molar-refractivity contribution in [2.24, 2.45) is 0 Å². The first kappa shape index (κ1) is 19.4. The van der Waals surface area contributed by atoms with Gasteiger partial charge in [-0.2, -0.15) is 0 Å². The lowest BCUT2D eigenvalue weighted by atomic mass is 10.2. The summed E-state index contributed by atoms with van der Waals surface area (Å²) in [5, 5.41) is 3.82. The summed E-state index contributed by atoms with van der Waals surface area (Å²) < 4.78 is 16.1. The predicted molar refractivity (Wildman–Crippen MR) is 114 cm³/mol. The van der Waals surface area contributed by atoms with Gasteiger partial charge < -0.3 is 19.2 Å². The SMILES string of the molecule is COc1ccc(-c2cnc(CCC(=O)Nc3ccc4nc(OC)ccc4c3)o2)cc1. The van der Waals surface area contributed by atoms with E-state index in [4.69, 9.17) is 13.9 Å². The maximum atomic E-state index is 12.3. The third kappa shape index (κ3) is 4.41. The van der Waals surface area contributed by atoms with Gasteiger partial charge >= 0.3 is 0 Å². The first-order valence-corrected chi connectivity index (χ1v) is 9.48. The van der Waals surface area contributed by atoms with Gasteiger partial charge in [0.2, 0.25) is 11.8 Å². The Morgan fingerprint density at radius 2 is 1.87 bits per heavy atom. The molecule has 0 spiro atoms. The number of rotatable bonds is 7. The molecule has 0 aliphatic heterocycles. The molecule has 0 saturated heterocycles. The molecule has 2 aromatic heterocycles. The fourth-order valence-electron chi connectivity index (χ4n) is 3.06. The largest absolute Gasteiger partial charge is 0.497 e. The van der Waals surface area contributed by atoms with Crippen LogP contribution in [0.15, 0.2) is 65.2 Å². The van der Waals surface area contributed by atoms with Gasteiger partial charge in [0, 0.05) is 35.5 Å². The highest BCUT2D eigenvalue weighted by molar-refractivity contribution is 5.93. The van der Waals surface area contributed by atoms with E-state index >= 15 is 0 Å². The average Bonchev–Trinajstić information content (AvgIpc) is 3.26. The molecule has 2 aromatic carbocycles. The summed E-state index contributed by atoms with van der Waals surface area (Å²) in [6.45, 7) is 0. The lowest BCUT2D eigenvalue weighted by Crippen LogP contribution is -2.12. The molecule has 0 aliphatic carbocycles. The zero-order chi connectivity index (χ0) is 20.9. The van der Waals surface area contributed by atoms with E-state index in [2.05, 4.69) is 15.3 Å². The Morgan fingerprint density at radius 1 is 1.03 bits per heavy atom. The number of methoxy groups -OCH3 is 2. The number of carbonyl (C=O) groups is 1. The van der Waals surface area contributed by atoms with E-state index in [1.807, 2.05) is 48.5 Å². The van der Waals surface area contributed by atoms with Gasteiger partial charge in [-0.05, 0) is 48.5 Å². The third-order valence-corrected chi connectivity index (χ3v) is 4.65. The average molecular weight is 403 g/mol. The summed E-state index contributed by atoms with van der Waals surface area (Å²) >= 11 is 0. The summed E-state index contributed by atoms with van der Waals surface area (Å²) in [6, 6.07) is 16.8. The lowest BCUT2D eigenvalue weighted by Gasteiger charge is -2.07. The van der Waals surface area contributed by atoms with Crippen molar-refractivity contribution in [2.75, 3.05) is 19.5 Å². The molecule has 0 fully saturated rings. The Labute approximate surface area is 173 Å². The fourth-order valence-corrected chi connectivity index (χ4v) is 3.06. The van der Waals surface area contributed by atoms with Crippen molar-refractivity contribution in [1.29, 1.82) is 0 Å². The van der Waals surface area contributed by atoms with Crippen molar-refractivity contribution < 1.29 is 18.7 Å². The summed E-state index contributed by atoms with van der Waals surface area (Å²) in [5.74, 6) is 2.40. The van der Waals surface area contributed by atoms with Crippen molar-refractivity contribution in [3.8, 4) is 23.0 Å². The number of hydrogen-bond acceptors (Lipinski definition) is 6. The first-order chi connectivity index (χ1) is 14.6. The van der Waals surface area contributed by atoms with Crippen molar-refractivity contribution in [3.05, 3.63) is 66.7 Å². The lowest BCUT2D eigenvalue weighted by molar-refractivity contribution is -0.116. The highest BCUT2D eigenvalue weighted by Crippen LogP contribution is 2.24. The number of aromatic nitrogens is 2. The van der Waals surface area contributed by atoms with Crippen molar-refractivity contribution >= 4 is 22.5 Å². The minimum absolute atomic E-state index is 0.111. The standard InChI is InChI=1S/C23H21N3O4/c1-28-18-7-3-15(4-8-18)20-14-24-22(30-20)12-10-21(27)25-17-6-9-19-16(13-17)5-11-23(26-19)29-2/h3-9,11,13-14H,10,12H2,1-2H3,(H,25,27). The summed E-state index contributed by atoms with van der Waals surface area (Å²) in [6.07, 6.45) is 2.34. The predicted octanol–water partition coefficient (Wildman–Crippen LogP) is 4.48. The number of anilines is 1. The Morgan fingerprint density at radius 3 is 2.63 bits per heavy atom. The van der Waals surface area contributed by atoms with Crippen LogP contribution in [0.4, 0.5) is 5.69 Å². The van der Waals surface area contributed by atoms with Crippen LogP contribution in [-0.2, 0) is 11.2 Å². The molecule has 0 bridgehead atoms. The molecule has 0 saturated carbocycles. The molecule has 0 radical (unpaired) electrons. The Kier molecular flexibility index (Phi) is 5.61. The van der Waals surface area contributed by atoms with Gasteiger partial charge in [-0.1, -0.05) is 0 Å². The summed E-state index contributed by atoms with van der Waals surface area (Å²) in [4.78, 5) is 21.0. The first-order valence-electron chi connectivity index (χ1n) is 9.48. The van der Waals surface area contributed by atoms with Gasteiger partial charge in [-0.25, -0.2) is 9.97 Å². The number of pyridine rings is 1. The number of nitrogens with zero attached hydrogens (tertiary/aromatic N) is 2. The fraction of sp³-hybridized carbons (Fsp3) is 0.174. The zero-order valence-corrected chi connectivity index (χ0v) is 16.7. The molecule has 7 heteroatoms. The third-order valence-electron chi connectivity index (χ3n) is 4.65. The van der Waals surface area contributed by atoms with Crippen LogP contribution in [0.5, 0.6) is 11.6 Å². The van der Waals surface area contributed by atoms with Crippen molar-refractivity contribution in [2.45, 2.75) is 12.8 Å². The van der Waals surface area contributed by atoms with Crippen LogP contribution in [0, 0.1) is 0 Å². The molecule has 0 aliphatic rings. The highest BCUT2D eigenvalue weighted by Gasteiger charge is 2.10.